The van der Waals surface area contributed by atoms with E-state index < -0.39 is 30.1 Å². The fourth-order valence-corrected chi connectivity index (χ4v) is 1.50. The van der Waals surface area contributed by atoms with Gasteiger partial charge >= 0.3 is 5.97 Å². The summed E-state index contributed by atoms with van der Waals surface area (Å²) in [6.07, 6.45) is 0.572. The molecule has 0 fully saturated rings. The van der Waals surface area contributed by atoms with Gasteiger partial charge in [-0.05, 0) is 24.6 Å². The Morgan fingerprint density at radius 1 is 1.28 bits per heavy atom. The predicted octanol–water partition coefficient (Wildman–Crippen LogP) is 1.90. The van der Waals surface area contributed by atoms with Crippen LogP contribution in [0.1, 0.15) is 23.7 Å². The Bertz CT molecular complexity index is 463. The minimum atomic E-state index is -1.15. The number of halogens is 2. The molecule has 0 aromatic heterocycles. The lowest BCUT2D eigenvalue weighted by atomic mass is 10.2. The molecule has 0 saturated carbocycles. The van der Waals surface area contributed by atoms with E-state index in [2.05, 4.69) is 0 Å². The van der Waals surface area contributed by atoms with Crippen molar-refractivity contribution in [3.05, 3.63) is 35.4 Å². The molecule has 0 heterocycles. The largest absolute Gasteiger partial charge is 0.480 e. The summed E-state index contributed by atoms with van der Waals surface area (Å²) in [6.45, 7) is 1.56. The Labute approximate surface area is 103 Å². The molecule has 1 aromatic rings. The fraction of sp³-hybridized carbons (Fsp3) is 0.333. The first-order valence-electron chi connectivity index (χ1n) is 5.41. The molecule has 0 unspecified atom stereocenters. The molecule has 0 bridgehead atoms. The molecule has 1 amide bonds. The Kier molecular flexibility index (Phi) is 4.76. The van der Waals surface area contributed by atoms with Crippen molar-refractivity contribution in [1.82, 2.24) is 4.90 Å². The van der Waals surface area contributed by atoms with Crippen molar-refractivity contribution >= 4 is 11.9 Å². The normalized spacial score (nSPS) is 10.2. The molecule has 0 saturated heterocycles. The Morgan fingerprint density at radius 3 is 2.44 bits per heavy atom. The van der Waals surface area contributed by atoms with Crippen molar-refractivity contribution in [3.8, 4) is 0 Å². The topological polar surface area (TPSA) is 57.6 Å². The number of carboxylic acid groups (broad SMARTS) is 1. The molecule has 1 rings (SSSR count). The summed E-state index contributed by atoms with van der Waals surface area (Å²) in [5.41, 5.74) is -0.0661. The summed E-state index contributed by atoms with van der Waals surface area (Å²) in [7, 11) is 0. The second-order valence-corrected chi connectivity index (χ2v) is 3.75. The second kappa shape index (κ2) is 6.09. The molecular weight excluding hydrogens is 244 g/mol. The van der Waals surface area contributed by atoms with Crippen molar-refractivity contribution in [2.75, 3.05) is 13.1 Å². The zero-order valence-corrected chi connectivity index (χ0v) is 9.82. The van der Waals surface area contributed by atoms with Crippen LogP contribution in [-0.2, 0) is 4.79 Å². The van der Waals surface area contributed by atoms with Crippen LogP contribution in [0.25, 0.3) is 0 Å². The van der Waals surface area contributed by atoms with E-state index >= 15 is 0 Å². The lowest BCUT2D eigenvalue weighted by Gasteiger charge is -2.19. The van der Waals surface area contributed by atoms with E-state index in [-0.39, 0.29) is 12.1 Å². The maximum atomic E-state index is 13.0. The molecule has 1 N–H and O–H groups in total. The number of amides is 1. The maximum Gasteiger partial charge on any atom is 0.323 e. The second-order valence-electron chi connectivity index (χ2n) is 3.75. The van der Waals surface area contributed by atoms with Gasteiger partial charge in [-0.15, -0.1) is 0 Å². The predicted molar refractivity (Wildman–Crippen MR) is 60.2 cm³/mol. The van der Waals surface area contributed by atoms with E-state index in [4.69, 9.17) is 5.11 Å². The minimum Gasteiger partial charge on any atom is -0.480 e. The van der Waals surface area contributed by atoms with E-state index in [1.807, 2.05) is 0 Å². The fourth-order valence-electron chi connectivity index (χ4n) is 1.50. The maximum absolute atomic E-state index is 13.0. The van der Waals surface area contributed by atoms with Crippen LogP contribution in [0.15, 0.2) is 18.2 Å². The number of hydrogen-bond donors (Lipinski definition) is 1. The van der Waals surface area contributed by atoms with Gasteiger partial charge in [0.1, 0.15) is 6.54 Å². The van der Waals surface area contributed by atoms with Crippen LogP contribution in [0.5, 0.6) is 0 Å². The van der Waals surface area contributed by atoms with Crippen molar-refractivity contribution in [3.63, 3.8) is 0 Å². The van der Waals surface area contributed by atoms with Gasteiger partial charge in [-0.1, -0.05) is 6.92 Å². The van der Waals surface area contributed by atoms with Crippen LogP contribution in [-0.4, -0.2) is 35.0 Å². The lowest BCUT2D eigenvalue weighted by Crippen LogP contribution is -2.36. The van der Waals surface area contributed by atoms with E-state index in [1.165, 1.54) is 0 Å². The molecule has 0 spiro atoms. The first-order valence-corrected chi connectivity index (χ1v) is 5.41. The molecule has 4 nitrogen and oxygen atoms in total. The molecule has 0 aliphatic rings. The van der Waals surface area contributed by atoms with Gasteiger partial charge in [0.15, 0.2) is 11.6 Å². The molecular formula is C12H13F2NO3. The number of carbonyl (C=O) groups is 2. The number of aliphatic carboxylic acids is 1. The molecule has 0 aliphatic heterocycles. The minimum absolute atomic E-state index is 0.0661. The van der Waals surface area contributed by atoms with Crippen molar-refractivity contribution in [1.29, 1.82) is 0 Å². The third kappa shape index (κ3) is 3.51. The average Bonchev–Trinajstić information content (AvgIpc) is 2.31. The van der Waals surface area contributed by atoms with Gasteiger partial charge in [-0.25, -0.2) is 8.78 Å². The molecule has 1 aromatic carbocycles. The zero-order chi connectivity index (χ0) is 13.7. The van der Waals surface area contributed by atoms with Crippen LogP contribution in [0.3, 0.4) is 0 Å². The number of carbonyl (C=O) groups excluding carboxylic acids is 1. The van der Waals surface area contributed by atoms with Crippen LogP contribution < -0.4 is 0 Å². The molecule has 0 radical (unpaired) electrons. The van der Waals surface area contributed by atoms with Gasteiger partial charge in [-0.2, -0.15) is 0 Å². The van der Waals surface area contributed by atoms with Gasteiger partial charge in [0.05, 0.1) is 0 Å². The lowest BCUT2D eigenvalue weighted by molar-refractivity contribution is -0.137. The van der Waals surface area contributed by atoms with Crippen LogP contribution in [0.2, 0.25) is 0 Å². The summed E-state index contributed by atoms with van der Waals surface area (Å²) in [5.74, 6) is -3.96. The molecule has 18 heavy (non-hydrogen) atoms. The Balaban J connectivity index is 2.93. The van der Waals surface area contributed by atoms with Gasteiger partial charge < -0.3 is 10.0 Å². The Hall–Kier alpha value is -1.98. The number of carboxylic acids is 1. The van der Waals surface area contributed by atoms with Gasteiger partial charge in [-0.3, -0.25) is 9.59 Å². The number of rotatable bonds is 5. The summed E-state index contributed by atoms with van der Waals surface area (Å²) in [5, 5.41) is 8.68. The molecule has 6 heteroatoms. The van der Waals surface area contributed by atoms with E-state index in [0.717, 1.165) is 23.1 Å². The monoisotopic (exact) mass is 257 g/mol. The summed E-state index contributed by atoms with van der Waals surface area (Å²) >= 11 is 0. The van der Waals surface area contributed by atoms with Crippen molar-refractivity contribution < 1.29 is 23.5 Å². The summed E-state index contributed by atoms with van der Waals surface area (Å²) in [6, 6.07) is 2.74. The average molecular weight is 257 g/mol. The first kappa shape index (κ1) is 14.1. The van der Waals surface area contributed by atoms with Gasteiger partial charge in [0, 0.05) is 12.1 Å². The highest BCUT2D eigenvalue weighted by Gasteiger charge is 2.18. The van der Waals surface area contributed by atoms with Crippen molar-refractivity contribution in [2.45, 2.75) is 13.3 Å². The highest BCUT2D eigenvalue weighted by molar-refractivity contribution is 5.95. The van der Waals surface area contributed by atoms with Crippen LogP contribution in [0.4, 0.5) is 8.78 Å². The number of hydrogen-bond acceptors (Lipinski definition) is 2. The number of nitrogens with zero attached hydrogens (tertiary/aromatic N) is 1. The highest BCUT2D eigenvalue weighted by atomic mass is 19.2. The molecule has 0 atom stereocenters. The third-order valence-corrected chi connectivity index (χ3v) is 2.27. The van der Waals surface area contributed by atoms with E-state index in [9.17, 15) is 18.4 Å². The van der Waals surface area contributed by atoms with Gasteiger partial charge in [0.2, 0.25) is 0 Å². The SMILES string of the molecule is CCCN(CC(=O)O)C(=O)c1ccc(F)c(F)c1. The first-order chi connectivity index (χ1) is 8.45. The molecule has 0 aliphatic carbocycles. The highest BCUT2D eigenvalue weighted by Crippen LogP contribution is 2.11. The number of benzene rings is 1. The summed E-state index contributed by atoms with van der Waals surface area (Å²) in [4.78, 5) is 23.6. The van der Waals surface area contributed by atoms with Crippen LogP contribution in [0, 0.1) is 11.6 Å². The summed E-state index contributed by atoms with van der Waals surface area (Å²) < 4.78 is 25.7. The van der Waals surface area contributed by atoms with Crippen molar-refractivity contribution in [2.24, 2.45) is 0 Å². The van der Waals surface area contributed by atoms with E-state index in [1.54, 1.807) is 6.92 Å². The van der Waals surface area contributed by atoms with E-state index in [0.29, 0.717) is 6.42 Å². The quantitative estimate of drug-likeness (QED) is 0.876. The third-order valence-electron chi connectivity index (χ3n) is 2.27. The zero-order valence-electron chi connectivity index (χ0n) is 9.82. The van der Waals surface area contributed by atoms with Crippen LogP contribution >= 0.6 is 0 Å². The smallest absolute Gasteiger partial charge is 0.323 e. The van der Waals surface area contributed by atoms with Gasteiger partial charge in [0.25, 0.3) is 5.91 Å². The standard InChI is InChI=1S/C12H13F2NO3/c1-2-5-15(7-11(16)17)12(18)8-3-4-9(13)10(14)6-8/h3-4,6H,2,5,7H2,1H3,(H,16,17). The molecule has 98 valence electrons. The Morgan fingerprint density at radius 2 is 1.94 bits per heavy atom.